The molecule has 0 saturated carbocycles. The minimum atomic E-state index is 0.0345. The second-order valence-corrected chi connectivity index (χ2v) is 7.30. The molecular weight excluding hydrogens is 318 g/mol. The van der Waals surface area contributed by atoms with Gasteiger partial charge in [-0.25, -0.2) is 4.79 Å². The molecule has 0 aliphatic carbocycles. The molecule has 3 amide bonds. The van der Waals surface area contributed by atoms with Crippen LogP contribution in [0.5, 0.6) is 0 Å². The molecule has 2 fully saturated rings. The van der Waals surface area contributed by atoms with E-state index in [-0.39, 0.29) is 17.9 Å². The number of hydrogen-bond acceptors (Lipinski definition) is 3. The SMILES string of the molecule is CCCCC(CC)CNC(=O)N1CCC(C(=O)N2CCOCC2)CC1. The van der Waals surface area contributed by atoms with Crippen LogP contribution in [0.2, 0.25) is 0 Å². The zero-order chi connectivity index (χ0) is 18.1. The van der Waals surface area contributed by atoms with Crippen molar-refractivity contribution >= 4 is 11.9 Å². The number of hydrogen-bond donors (Lipinski definition) is 1. The average molecular weight is 354 g/mol. The van der Waals surface area contributed by atoms with Gasteiger partial charge in [0.25, 0.3) is 0 Å². The molecule has 0 spiro atoms. The molecule has 6 heteroatoms. The first-order valence-electron chi connectivity index (χ1n) is 10.0. The zero-order valence-electron chi connectivity index (χ0n) is 16.0. The topological polar surface area (TPSA) is 61.9 Å². The molecule has 0 radical (unpaired) electrons. The number of piperidine rings is 1. The van der Waals surface area contributed by atoms with Crippen LogP contribution >= 0.6 is 0 Å². The monoisotopic (exact) mass is 353 g/mol. The minimum absolute atomic E-state index is 0.0345. The molecule has 2 aliphatic rings. The van der Waals surface area contributed by atoms with Crippen LogP contribution in [0, 0.1) is 11.8 Å². The maximum Gasteiger partial charge on any atom is 0.317 e. The van der Waals surface area contributed by atoms with E-state index in [1.54, 1.807) is 0 Å². The van der Waals surface area contributed by atoms with Crippen molar-refractivity contribution in [2.75, 3.05) is 45.9 Å². The predicted molar refractivity (Wildman–Crippen MR) is 98.4 cm³/mol. The number of likely N-dealkylation sites (tertiary alicyclic amines) is 1. The summed E-state index contributed by atoms with van der Waals surface area (Å²) in [5.41, 5.74) is 0. The lowest BCUT2D eigenvalue weighted by Gasteiger charge is -2.35. The molecule has 0 aromatic carbocycles. The molecule has 2 aliphatic heterocycles. The number of nitrogens with one attached hydrogen (secondary N) is 1. The summed E-state index contributed by atoms with van der Waals surface area (Å²) in [6.07, 6.45) is 6.27. The van der Waals surface area contributed by atoms with E-state index in [0.29, 0.717) is 45.3 Å². The number of rotatable bonds is 7. The number of urea groups is 1. The smallest absolute Gasteiger partial charge is 0.317 e. The van der Waals surface area contributed by atoms with Crippen molar-refractivity contribution in [3.63, 3.8) is 0 Å². The van der Waals surface area contributed by atoms with Crippen molar-refractivity contribution in [1.29, 1.82) is 0 Å². The zero-order valence-corrected chi connectivity index (χ0v) is 16.0. The highest BCUT2D eigenvalue weighted by Crippen LogP contribution is 2.20. The van der Waals surface area contributed by atoms with E-state index in [9.17, 15) is 9.59 Å². The van der Waals surface area contributed by atoms with Gasteiger partial charge in [0.1, 0.15) is 0 Å². The molecule has 0 aromatic heterocycles. The number of ether oxygens (including phenoxy) is 1. The first-order valence-corrected chi connectivity index (χ1v) is 10.0. The van der Waals surface area contributed by atoms with Crippen LogP contribution in [0.3, 0.4) is 0 Å². The quantitative estimate of drug-likeness (QED) is 0.765. The van der Waals surface area contributed by atoms with E-state index < -0.39 is 0 Å². The fourth-order valence-electron chi connectivity index (χ4n) is 3.66. The second kappa shape index (κ2) is 10.6. The van der Waals surface area contributed by atoms with Gasteiger partial charge in [0.2, 0.25) is 5.91 Å². The third kappa shape index (κ3) is 6.17. The van der Waals surface area contributed by atoms with Crippen molar-refractivity contribution in [1.82, 2.24) is 15.1 Å². The standard InChI is InChI=1S/C19H35N3O3/c1-3-5-6-16(4-2)15-20-19(24)22-9-7-17(8-10-22)18(23)21-11-13-25-14-12-21/h16-17H,3-15H2,1-2H3,(H,20,24). The van der Waals surface area contributed by atoms with Crippen LogP contribution in [0.4, 0.5) is 4.79 Å². The number of morpholine rings is 1. The Bertz CT molecular complexity index is 416. The summed E-state index contributed by atoms with van der Waals surface area (Å²) < 4.78 is 5.31. The third-order valence-corrected chi connectivity index (χ3v) is 5.54. The highest BCUT2D eigenvalue weighted by molar-refractivity contribution is 5.80. The van der Waals surface area contributed by atoms with Gasteiger partial charge < -0.3 is 19.9 Å². The summed E-state index contributed by atoms with van der Waals surface area (Å²) in [5.74, 6) is 0.883. The fourth-order valence-corrected chi connectivity index (χ4v) is 3.66. The van der Waals surface area contributed by atoms with Crippen molar-refractivity contribution < 1.29 is 14.3 Å². The summed E-state index contributed by atoms with van der Waals surface area (Å²) in [5, 5.41) is 3.09. The van der Waals surface area contributed by atoms with Crippen molar-refractivity contribution in [3.05, 3.63) is 0 Å². The molecule has 25 heavy (non-hydrogen) atoms. The number of carbonyl (C=O) groups is 2. The minimum Gasteiger partial charge on any atom is -0.378 e. The lowest BCUT2D eigenvalue weighted by Crippen LogP contribution is -2.49. The van der Waals surface area contributed by atoms with Gasteiger partial charge in [0.05, 0.1) is 13.2 Å². The summed E-state index contributed by atoms with van der Waals surface area (Å²) in [6, 6.07) is 0.0345. The molecular formula is C19H35N3O3. The van der Waals surface area contributed by atoms with E-state index in [1.807, 2.05) is 9.80 Å². The molecule has 2 rings (SSSR count). The van der Waals surface area contributed by atoms with Crippen LogP contribution in [0.1, 0.15) is 52.4 Å². The van der Waals surface area contributed by atoms with Crippen molar-refractivity contribution in [2.45, 2.75) is 52.4 Å². The molecule has 1 unspecified atom stereocenters. The largest absolute Gasteiger partial charge is 0.378 e. The van der Waals surface area contributed by atoms with Gasteiger partial charge in [-0.2, -0.15) is 0 Å². The van der Waals surface area contributed by atoms with Crippen LogP contribution in [-0.2, 0) is 9.53 Å². The lowest BCUT2D eigenvalue weighted by atomic mass is 9.95. The molecule has 0 aromatic rings. The van der Waals surface area contributed by atoms with Gasteiger partial charge in [-0.1, -0.05) is 33.1 Å². The van der Waals surface area contributed by atoms with Gasteiger partial charge in [0.15, 0.2) is 0 Å². The Morgan fingerprint density at radius 2 is 1.76 bits per heavy atom. The van der Waals surface area contributed by atoms with E-state index in [4.69, 9.17) is 4.74 Å². The van der Waals surface area contributed by atoms with Gasteiger partial charge in [-0.05, 0) is 25.2 Å². The second-order valence-electron chi connectivity index (χ2n) is 7.30. The number of carbonyl (C=O) groups excluding carboxylic acids is 2. The highest BCUT2D eigenvalue weighted by Gasteiger charge is 2.30. The fraction of sp³-hybridized carbons (Fsp3) is 0.895. The van der Waals surface area contributed by atoms with Gasteiger partial charge in [-0.15, -0.1) is 0 Å². The Morgan fingerprint density at radius 1 is 1.08 bits per heavy atom. The molecule has 1 N–H and O–H groups in total. The van der Waals surface area contributed by atoms with Crippen molar-refractivity contribution in [2.24, 2.45) is 11.8 Å². The summed E-state index contributed by atoms with van der Waals surface area (Å²) in [6.45, 7) is 9.21. The van der Waals surface area contributed by atoms with Gasteiger partial charge in [0, 0.05) is 38.6 Å². The van der Waals surface area contributed by atoms with Crippen molar-refractivity contribution in [3.8, 4) is 0 Å². The third-order valence-electron chi connectivity index (χ3n) is 5.54. The lowest BCUT2D eigenvalue weighted by molar-refractivity contribution is -0.141. The van der Waals surface area contributed by atoms with E-state index in [1.165, 1.54) is 19.3 Å². The maximum absolute atomic E-state index is 12.5. The number of nitrogens with zero attached hydrogens (tertiary/aromatic N) is 2. The van der Waals surface area contributed by atoms with Crippen LogP contribution in [0.25, 0.3) is 0 Å². The summed E-state index contributed by atoms with van der Waals surface area (Å²) in [4.78, 5) is 28.7. The number of unbranched alkanes of at least 4 members (excludes halogenated alkanes) is 1. The Balaban J connectivity index is 1.69. The molecule has 2 saturated heterocycles. The number of amides is 3. The Morgan fingerprint density at radius 3 is 2.36 bits per heavy atom. The maximum atomic E-state index is 12.5. The normalized spacial score (nSPS) is 20.4. The van der Waals surface area contributed by atoms with Gasteiger partial charge in [-0.3, -0.25) is 4.79 Å². The Labute approximate surface area is 152 Å². The Kier molecular flexibility index (Phi) is 8.52. The highest BCUT2D eigenvalue weighted by atomic mass is 16.5. The molecule has 0 bridgehead atoms. The van der Waals surface area contributed by atoms with Crippen LogP contribution < -0.4 is 5.32 Å². The van der Waals surface area contributed by atoms with E-state index in [2.05, 4.69) is 19.2 Å². The van der Waals surface area contributed by atoms with E-state index in [0.717, 1.165) is 25.8 Å². The molecule has 1 atom stereocenters. The first-order chi connectivity index (χ1) is 12.2. The molecule has 144 valence electrons. The first kappa shape index (κ1) is 20.0. The van der Waals surface area contributed by atoms with E-state index >= 15 is 0 Å². The summed E-state index contributed by atoms with van der Waals surface area (Å²) in [7, 11) is 0. The van der Waals surface area contributed by atoms with Crippen LogP contribution in [-0.4, -0.2) is 67.7 Å². The van der Waals surface area contributed by atoms with Gasteiger partial charge >= 0.3 is 6.03 Å². The van der Waals surface area contributed by atoms with Crippen LogP contribution in [0.15, 0.2) is 0 Å². The average Bonchev–Trinajstić information content (AvgIpc) is 2.68. The molecule has 2 heterocycles. The Hall–Kier alpha value is -1.30. The summed E-state index contributed by atoms with van der Waals surface area (Å²) >= 11 is 0. The predicted octanol–water partition coefficient (Wildman–Crippen LogP) is 2.48. The molecule has 6 nitrogen and oxygen atoms in total.